The molecular formula is C19H27N5O2S2. The van der Waals surface area contributed by atoms with Crippen molar-refractivity contribution in [2.45, 2.75) is 68.8 Å². The summed E-state index contributed by atoms with van der Waals surface area (Å²) in [6.45, 7) is 4.07. The molecular weight excluding hydrogens is 394 g/mol. The molecule has 1 unspecified atom stereocenters. The summed E-state index contributed by atoms with van der Waals surface area (Å²) in [4.78, 5) is 25.2. The molecule has 152 valence electrons. The summed E-state index contributed by atoms with van der Waals surface area (Å²) in [5, 5.41) is 16.2. The van der Waals surface area contributed by atoms with Crippen LogP contribution in [0.4, 0.5) is 4.79 Å². The van der Waals surface area contributed by atoms with Gasteiger partial charge in [0.2, 0.25) is 5.91 Å². The Morgan fingerprint density at radius 2 is 2.11 bits per heavy atom. The van der Waals surface area contributed by atoms with E-state index in [0.29, 0.717) is 12.6 Å². The predicted molar refractivity (Wildman–Crippen MR) is 112 cm³/mol. The first kappa shape index (κ1) is 20.9. The average molecular weight is 422 g/mol. The molecule has 2 aromatic heterocycles. The lowest BCUT2D eigenvalue weighted by Gasteiger charge is -2.26. The lowest BCUT2D eigenvalue weighted by Crippen LogP contribution is -2.42. The Balaban J connectivity index is 1.76. The number of hydrogen-bond donors (Lipinski definition) is 2. The molecule has 0 saturated heterocycles. The molecule has 0 aromatic carbocycles. The van der Waals surface area contributed by atoms with E-state index in [1.54, 1.807) is 18.3 Å². The summed E-state index contributed by atoms with van der Waals surface area (Å²) in [6, 6.07) is 4.07. The second-order valence-electron chi connectivity index (χ2n) is 6.93. The Labute approximate surface area is 173 Å². The third-order valence-electron chi connectivity index (χ3n) is 4.81. The molecule has 9 heteroatoms. The van der Waals surface area contributed by atoms with Gasteiger partial charge in [0.25, 0.3) is 0 Å². The van der Waals surface area contributed by atoms with Gasteiger partial charge >= 0.3 is 6.03 Å². The molecule has 0 spiro atoms. The molecule has 28 heavy (non-hydrogen) atoms. The second kappa shape index (κ2) is 10.1. The van der Waals surface area contributed by atoms with Crippen LogP contribution in [0.25, 0.3) is 0 Å². The normalized spacial score (nSPS) is 15.9. The molecule has 0 bridgehead atoms. The van der Waals surface area contributed by atoms with Crippen molar-refractivity contribution in [2.24, 2.45) is 0 Å². The van der Waals surface area contributed by atoms with Crippen LogP contribution in [0, 0.1) is 0 Å². The Morgan fingerprint density at radius 1 is 1.32 bits per heavy atom. The molecule has 1 atom stereocenters. The minimum atomic E-state index is -0.466. The van der Waals surface area contributed by atoms with E-state index in [-0.39, 0.29) is 5.91 Å². The minimum absolute atomic E-state index is 0.325. The molecule has 3 amide bonds. The molecule has 7 nitrogen and oxygen atoms in total. The summed E-state index contributed by atoms with van der Waals surface area (Å²) >= 11 is 3.08. The van der Waals surface area contributed by atoms with Gasteiger partial charge in [-0.15, -0.1) is 21.5 Å². The van der Waals surface area contributed by atoms with Crippen LogP contribution in [0.1, 0.15) is 62.7 Å². The molecule has 0 radical (unpaired) electrons. The molecule has 1 aliphatic rings. The van der Waals surface area contributed by atoms with Gasteiger partial charge in [0.1, 0.15) is 5.82 Å². The van der Waals surface area contributed by atoms with Crippen molar-refractivity contribution in [3.8, 4) is 0 Å². The summed E-state index contributed by atoms with van der Waals surface area (Å²) in [6.07, 6.45) is 6.66. The number of nitrogens with one attached hydrogen (secondary N) is 2. The maximum absolute atomic E-state index is 12.3. The Bertz CT molecular complexity index is 784. The van der Waals surface area contributed by atoms with E-state index in [2.05, 4.69) is 36.8 Å². The quantitative estimate of drug-likeness (QED) is 0.665. The van der Waals surface area contributed by atoms with Gasteiger partial charge in [-0.05, 0) is 38.1 Å². The number of hydrogen-bond acceptors (Lipinski definition) is 6. The van der Waals surface area contributed by atoms with Crippen molar-refractivity contribution >= 4 is 35.0 Å². The molecule has 2 aromatic rings. The third-order valence-corrected chi connectivity index (χ3v) is 6.75. The Hall–Kier alpha value is -1.87. The fourth-order valence-corrected chi connectivity index (χ4v) is 5.05. The van der Waals surface area contributed by atoms with Gasteiger partial charge in [0.05, 0.1) is 5.25 Å². The molecule has 1 fully saturated rings. The summed E-state index contributed by atoms with van der Waals surface area (Å²) in [5.74, 6) is 0.627. The Morgan fingerprint density at radius 3 is 2.79 bits per heavy atom. The molecule has 1 saturated carbocycles. The maximum atomic E-state index is 12.3. The maximum Gasteiger partial charge on any atom is 0.321 e. The lowest BCUT2D eigenvalue weighted by atomic mass is 9.95. The van der Waals surface area contributed by atoms with Gasteiger partial charge in [0, 0.05) is 23.9 Å². The van der Waals surface area contributed by atoms with E-state index in [9.17, 15) is 9.59 Å². The molecule has 3 rings (SSSR count). The zero-order valence-electron chi connectivity index (χ0n) is 16.3. The number of thiophene rings is 1. The van der Waals surface area contributed by atoms with E-state index in [1.165, 1.54) is 35.9 Å². The first-order chi connectivity index (χ1) is 13.6. The number of amides is 3. The number of rotatable bonds is 7. The second-order valence-corrected chi connectivity index (χ2v) is 9.27. The largest absolute Gasteiger partial charge is 0.338 e. The van der Waals surface area contributed by atoms with Crippen molar-refractivity contribution < 1.29 is 9.59 Å². The van der Waals surface area contributed by atoms with Crippen LogP contribution in [-0.4, -0.2) is 38.5 Å². The number of carbonyl (C=O) groups is 2. The van der Waals surface area contributed by atoms with Crippen LogP contribution < -0.4 is 10.6 Å². The highest BCUT2D eigenvalue weighted by molar-refractivity contribution is 8.00. The SMILES string of the molecule is CCNC(=O)NC(=O)C(C)Sc1nnc(Cc2cccs2)n1C1CCCCC1. The standard InChI is InChI=1S/C19H27N5O2S2/c1-3-20-18(26)21-17(25)13(2)28-19-23-22-16(12-15-10-7-11-27-15)24(19)14-8-5-4-6-9-14/h7,10-11,13-14H,3-6,8-9,12H2,1-2H3,(H2,20,21,25,26). The number of nitrogens with zero attached hydrogens (tertiary/aromatic N) is 3. The van der Waals surface area contributed by atoms with Crippen molar-refractivity contribution in [2.75, 3.05) is 6.54 Å². The number of thioether (sulfide) groups is 1. The highest BCUT2D eigenvalue weighted by Gasteiger charge is 2.26. The van der Waals surface area contributed by atoms with Gasteiger partial charge in [-0.2, -0.15) is 0 Å². The predicted octanol–water partition coefficient (Wildman–Crippen LogP) is 3.76. The first-order valence-electron chi connectivity index (χ1n) is 9.80. The van der Waals surface area contributed by atoms with Gasteiger partial charge in [-0.3, -0.25) is 10.1 Å². The van der Waals surface area contributed by atoms with E-state index >= 15 is 0 Å². The lowest BCUT2D eigenvalue weighted by molar-refractivity contribution is -0.119. The van der Waals surface area contributed by atoms with Gasteiger partial charge < -0.3 is 9.88 Å². The van der Waals surface area contributed by atoms with Crippen LogP contribution in [0.15, 0.2) is 22.7 Å². The minimum Gasteiger partial charge on any atom is -0.338 e. The summed E-state index contributed by atoms with van der Waals surface area (Å²) in [7, 11) is 0. The van der Waals surface area contributed by atoms with Crippen LogP contribution in [0.3, 0.4) is 0 Å². The van der Waals surface area contributed by atoms with Crippen molar-refractivity contribution in [1.82, 2.24) is 25.4 Å². The van der Waals surface area contributed by atoms with Crippen LogP contribution in [0.5, 0.6) is 0 Å². The van der Waals surface area contributed by atoms with Gasteiger partial charge in [-0.25, -0.2) is 4.79 Å². The third kappa shape index (κ3) is 5.35. The molecule has 0 aliphatic heterocycles. The van der Waals surface area contributed by atoms with Crippen molar-refractivity contribution in [1.29, 1.82) is 0 Å². The van der Waals surface area contributed by atoms with E-state index in [0.717, 1.165) is 30.2 Å². The van der Waals surface area contributed by atoms with Gasteiger partial charge in [0.15, 0.2) is 5.16 Å². The molecule has 2 N–H and O–H groups in total. The van der Waals surface area contributed by atoms with E-state index < -0.39 is 11.3 Å². The summed E-state index contributed by atoms with van der Waals surface area (Å²) in [5.41, 5.74) is 0. The number of aromatic nitrogens is 3. The van der Waals surface area contributed by atoms with Crippen molar-refractivity contribution in [3.05, 3.63) is 28.2 Å². The number of carbonyl (C=O) groups excluding carboxylic acids is 2. The number of imide groups is 1. The topological polar surface area (TPSA) is 88.9 Å². The van der Waals surface area contributed by atoms with Crippen LogP contribution >= 0.6 is 23.1 Å². The summed E-state index contributed by atoms with van der Waals surface area (Å²) < 4.78 is 2.24. The molecule has 1 aliphatic carbocycles. The fourth-order valence-electron chi connectivity index (χ4n) is 3.41. The highest BCUT2D eigenvalue weighted by atomic mass is 32.2. The van der Waals surface area contributed by atoms with E-state index in [1.807, 2.05) is 13.0 Å². The zero-order valence-corrected chi connectivity index (χ0v) is 17.9. The number of urea groups is 1. The fraction of sp³-hybridized carbons (Fsp3) is 0.579. The highest BCUT2D eigenvalue weighted by Crippen LogP contribution is 2.34. The van der Waals surface area contributed by atoms with Crippen LogP contribution in [0.2, 0.25) is 0 Å². The average Bonchev–Trinajstić information content (AvgIpc) is 3.33. The monoisotopic (exact) mass is 421 g/mol. The van der Waals surface area contributed by atoms with Gasteiger partial charge in [-0.1, -0.05) is 37.1 Å². The zero-order chi connectivity index (χ0) is 19.9. The van der Waals surface area contributed by atoms with Crippen molar-refractivity contribution in [3.63, 3.8) is 0 Å². The Kier molecular flexibility index (Phi) is 7.50. The smallest absolute Gasteiger partial charge is 0.321 e. The molecule has 2 heterocycles. The van der Waals surface area contributed by atoms with E-state index in [4.69, 9.17) is 0 Å². The van der Waals surface area contributed by atoms with Crippen LogP contribution in [-0.2, 0) is 11.2 Å². The first-order valence-corrected chi connectivity index (χ1v) is 11.6.